The highest BCUT2D eigenvalue weighted by atomic mass is 16.5. The van der Waals surface area contributed by atoms with E-state index in [1.807, 2.05) is 12.1 Å². The number of carboxylic acids is 1. The number of carboxylic acid groups (broad SMARTS) is 1. The fourth-order valence-electron chi connectivity index (χ4n) is 9.76. The van der Waals surface area contributed by atoms with Crippen molar-refractivity contribution < 1.29 is 38.3 Å². The Kier molecular flexibility index (Phi) is 6.47. The van der Waals surface area contributed by atoms with Crippen molar-refractivity contribution in [1.82, 2.24) is 4.90 Å². The number of nitrogens with zero attached hydrogens (tertiary/aromatic N) is 3. The van der Waals surface area contributed by atoms with Crippen LogP contribution in [0.15, 0.2) is 47.7 Å². The highest BCUT2D eigenvalue weighted by molar-refractivity contribution is 6.00. The summed E-state index contributed by atoms with van der Waals surface area (Å²) in [6.45, 7) is 9.18. The van der Waals surface area contributed by atoms with Gasteiger partial charge in [-0.15, -0.1) is 0 Å². The van der Waals surface area contributed by atoms with Gasteiger partial charge in [0.1, 0.15) is 63.4 Å². The van der Waals surface area contributed by atoms with Crippen molar-refractivity contribution in [1.29, 1.82) is 0 Å². The minimum Gasteiger partial charge on any atom is -0.485 e. The Morgan fingerprint density at radius 1 is 1.04 bits per heavy atom. The molecule has 9 rings (SSSR count). The number of aliphatic carboxylic acids is 1. The highest BCUT2D eigenvalue weighted by Gasteiger charge is 2.62. The summed E-state index contributed by atoms with van der Waals surface area (Å²) in [5.41, 5.74) is 12.5. The number of carbonyl (C=O) groups excluding carboxylic acids is 2. The molecule has 0 radical (unpaired) electrons. The third-order valence-electron chi connectivity index (χ3n) is 12.0. The number of nitrogens with two attached hydrogens (primary N) is 1. The summed E-state index contributed by atoms with van der Waals surface area (Å²) in [6, 6.07) is 12.5. The molecule has 2 aromatic rings. The lowest BCUT2D eigenvalue weighted by atomic mass is 9.71. The van der Waals surface area contributed by atoms with Crippen molar-refractivity contribution in [3.05, 3.63) is 64.4 Å². The molecule has 4 N–H and O–H groups in total. The Bertz CT molecular complexity index is 1640. The van der Waals surface area contributed by atoms with Crippen molar-refractivity contribution >= 4 is 17.8 Å². The fraction of sp³-hybridized carbons (Fsp3) is 0.514. The zero-order chi connectivity index (χ0) is 31.2. The molecule has 1 saturated carbocycles. The first-order valence-electron chi connectivity index (χ1n) is 16.5. The van der Waals surface area contributed by atoms with E-state index in [9.17, 15) is 24.6 Å². The Morgan fingerprint density at radius 3 is 2.44 bits per heavy atom. The summed E-state index contributed by atoms with van der Waals surface area (Å²) in [7, 11) is 0. The predicted octanol–water partition coefficient (Wildman–Crippen LogP) is 2.01. The molecular formula is C35H42N4O6+2. The molecule has 0 aromatic heterocycles. The van der Waals surface area contributed by atoms with Crippen LogP contribution < -0.4 is 10.5 Å². The second-order valence-corrected chi connectivity index (χ2v) is 14.4. The Hall–Kier alpha value is -3.73. The van der Waals surface area contributed by atoms with Gasteiger partial charge < -0.3 is 34.5 Å². The lowest BCUT2D eigenvalue weighted by Crippen LogP contribution is -2.75. The van der Waals surface area contributed by atoms with Crippen LogP contribution in [0.25, 0.3) is 11.1 Å². The average Bonchev–Trinajstić information content (AvgIpc) is 3.53. The molecule has 5 fully saturated rings. The molecule has 10 nitrogen and oxygen atoms in total. The van der Waals surface area contributed by atoms with Crippen LogP contribution in [0, 0.1) is 11.8 Å². The maximum Gasteiger partial charge on any atom is 0.352 e. The third-order valence-corrected chi connectivity index (χ3v) is 12.0. The zero-order valence-corrected chi connectivity index (χ0v) is 25.8. The van der Waals surface area contributed by atoms with Crippen LogP contribution in [-0.2, 0) is 27.3 Å². The number of β-lactam (4-membered cyclic amide) rings is 1. The van der Waals surface area contributed by atoms with Gasteiger partial charge in [-0.25, -0.2) is 4.79 Å². The predicted molar refractivity (Wildman–Crippen MR) is 164 cm³/mol. The lowest BCUT2D eigenvalue weighted by Gasteiger charge is -2.55. The van der Waals surface area contributed by atoms with Crippen LogP contribution in [0.1, 0.15) is 42.9 Å². The van der Waals surface area contributed by atoms with Gasteiger partial charge in [0, 0.05) is 22.6 Å². The molecule has 5 aliphatic heterocycles. The summed E-state index contributed by atoms with van der Waals surface area (Å²) in [4.78, 5) is 38.7. The molecule has 0 spiro atoms. The molecule has 5 atom stereocenters. The first-order chi connectivity index (χ1) is 21.6. The molecule has 2 bridgehead atoms. The van der Waals surface area contributed by atoms with Crippen molar-refractivity contribution in [3.8, 4) is 16.9 Å². The first kappa shape index (κ1) is 28.7. The number of ether oxygens (including phenoxy) is 1. The van der Waals surface area contributed by atoms with E-state index in [-0.39, 0.29) is 29.5 Å². The van der Waals surface area contributed by atoms with Crippen LogP contribution in [-0.4, -0.2) is 106 Å². The zero-order valence-electron chi connectivity index (χ0n) is 25.8. The van der Waals surface area contributed by atoms with Gasteiger partial charge in [0.2, 0.25) is 5.91 Å². The van der Waals surface area contributed by atoms with Gasteiger partial charge in [-0.05, 0) is 55.4 Å². The van der Waals surface area contributed by atoms with Gasteiger partial charge in [0.15, 0.2) is 6.54 Å². The van der Waals surface area contributed by atoms with E-state index in [0.717, 1.165) is 85.4 Å². The van der Waals surface area contributed by atoms with Crippen molar-refractivity contribution in [2.45, 2.75) is 57.4 Å². The van der Waals surface area contributed by atoms with E-state index in [0.29, 0.717) is 18.5 Å². The number of aliphatic hydroxyl groups is 1. The van der Waals surface area contributed by atoms with E-state index < -0.39 is 24.1 Å². The number of benzene rings is 2. The molecule has 5 heterocycles. The maximum absolute atomic E-state index is 13.0. The summed E-state index contributed by atoms with van der Waals surface area (Å²) >= 11 is 0. The maximum atomic E-state index is 13.0. The second-order valence-electron chi connectivity index (χ2n) is 14.4. The number of rotatable bonds is 8. The lowest BCUT2D eigenvalue weighted by molar-refractivity contribution is -1.08. The molecule has 2 aliphatic carbocycles. The highest BCUT2D eigenvalue weighted by Crippen LogP contribution is 2.53. The Labute approximate surface area is 262 Å². The Balaban J connectivity index is 1.09. The monoisotopic (exact) mass is 614 g/mol. The van der Waals surface area contributed by atoms with E-state index >= 15 is 0 Å². The molecule has 5 unspecified atom stereocenters. The second kappa shape index (κ2) is 10.1. The van der Waals surface area contributed by atoms with Crippen LogP contribution in [0.2, 0.25) is 0 Å². The normalized spacial score (nSPS) is 33.2. The fourth-order valence-corrected chi connectivity index (χ4v) is 9.76. The third kappa shape index (κ3) is 4.29. The summed E-state index contributed by atoms with van der Waals surface area (Å²) in [5.74, 6) is -1.55. The number of carbonyl (C=O) groups is 3. The standard InChI is InChI=1S/C35H40N4O6/c1-20(40)29-32-24-8-4-10-27(31(24)33(35(43)44)37(32)34(29)42)45-26-9-3-5-21-17-25-22(6-2-7-23(25)30(21)26)18-38-11-14-39(15-12-38,16-13-38)19-28(36)41/h2-3,5-7,9,20,24,27,29,32,40H,4,8,10-19H2,1H3,(H-2,36,41,43,44)/p+2. The van der Waals surface area contributed by atoms with Gasteiger partial charge in [-0.3, -0.25) is 9.59 Å². The number of amides is 2. The summed E-state index contributed by atoms with van der Waals surface area (Å²) in [5, 5.41) is 20.6. The number of fused-ring (bicyclic) bond motifs is 9. The molecule has 7 aliphatic rings. The van der Waals surface area contributed by atoms with Gasteiger partial charge in [-0.1, -0.05) is 30.3 Å². The van der Waals surface area contributed by atoms with Gasteiger partial charge >= 0.3 is 5.97 Å². The molecule has 236 valence electrons. The van der Waals surface area contributed by atoms with Crippen molar-refractivity contribution in [2.24, 2.45) is 17.6 Å². The van der Waals surface area contributed by atoms with E-state index in [4.69, 9.17) is 10.5 Å². The smallest absolute Gasteiger partial charge is 0.352 e. The van der Waals surface area contributed by atoms with Gasteiger partial charge in [0.25, 0.3) is 5.91 Å². The van der Waals surface area contributed by atoms with Crippen LogP contribution in [0.5, 0.6) is 5.75 Å². The minimum absolute atomic E-state index is 0.0577. The van der Waals surface area contributed by atoms with Crippen LogP contribution in [0.4, 0.5) is 0 Å². The van der Waals surface area contributed by atoms with Crippen LogP contribution in [0.3, 0.4) is 0 Å². The van der Waals surface area contributed by atoms with Gasteiger partial charge in [0.05, 0.1) is 18.1 Å². The van der Waals surface area contributed by atoms with Crippen LogP contribution >= 0.6 is 0 Å². The van der Waals surface area contributed by atoms with E-state index in [1.165, 1.54) is 27.2 Å². The average molecular weight is 615 g/mol. The molecular weight excluding hydrogens is 572 g/mol. The number of quaternary nitrogens is 2. The van der Waals surface area contributed by atoms with E-state index in [1.54, 1.807) is 6.92 Å². The quantitative estimate of drug-likeness (QED) is 0.263. The SMILES string of the molecule is CC(O)C1C(=O)N2C(C(=O)O)=C3C(Oc4cccc5c4-c4cccc(C[N+]67CC[N+](CC(N)=O)(CC6)CC7)c4C5)CCCC3C12. The molecule has 45 heavy (non-hydrogen) atoms. The molecule has 4 saturated heterocycles. The number of hydrogen-bond donors (Lipinski definition) is 3. The number of hydrogen-bond acceptors (Lipinski definition) is 5. The van der Waals surface area contributed by atoms with Crippen molar-refractivity contribution in [3.63, 3.8) is 0 Å². The topological polar surface area (TPSA) is 130 Å². The number of piperazine rings is 3. The number of primary amides is 1. The summed E-state index contributed by atoms with van der Waals surface area (Å²) in [6.07, 6.45) is 1.90. The Morgan fingerprint density at radius 2 is 1.76 bits per heavy atom. The molecule has 2 aromatic carbocycles. The minimum atomic E-state index is -1.10. The number of aliphatic hydroxyl groups excluding tert-OH is 1. The first-order valence-corrected chi connectivity index (χ1v) is 16.5. The van der Waals surface area contributed by atoms with E-state index in [2.05, 4.69) is 24.3 Å². The summed E-state index contributed by atoms with van der Waals surface area (Å²) < 4.78 is 8.71. The molecule has 10 heteroatoms. The van der Waals surface area contributed by atoms with Crippen molar-refractivity contribution in [2.75, 3.05) is 45.8 Å². The van der Waals surface area contributed by atoms with Gasteiger partial charge in [-0.2, -0.15) is 0 Å². The molecule has 2 amide bonds. The largest absolute Gasteiger partial charge is 0.485 e.